The van der Waals surface area contributed by atoms with Crippen molar-refractivity contribution < 1.29 is 0 Å². The number of nitrogens with zero attached hydrogens (tertiary/aromatic N) is 2. The highest BCUT2D eigenvalue weighted by atomic mass is 15.1. The second-order valence-corrected chi connectivity index (χ2v) is 5.20. The molecule has 0 radical (unpaired) electrons. The molecule has 2 nitrogen and oxygen atoms in total. The van der Waals surface area contributed by atoms with Crippen LogP contribution in [0.3, 0.4) is 0 Å². The summed E-state index contributed by atoms with van der Waals surface area (Å²) in [6.07, 6.45) is 7.16. The van der Waals surface area contributed by atoms with Gasteiger partial charge in [-0.05, 0) is 51.8 Å². The molecule has 0 aromatic rings. The average Bonchev–Trinajstić information content (AvgIpc) is 2.18. The van der Waals surface area contributed by atoms with Crippen molar-refractivity contribution in [3.05, 3.63) is 0 Å². The molecule has 0 aromatic carbocycles. The van der Waals surface area contributed by atoms with Gasteiger partial charge in [0.15, 0.2) is 0 Å². The molecule has 1 aliphatic rings. The van der Waals surface area contributed by atoms with Crippen LogP contribution < -0.4 is 0 Å². The van der Waals surface area contributed by atoms with Crippen LogP contribution in [-0.4, -0.2) is 36.8 Å². The third kappa shape index (κ3) is 4.33. The highest BCUT2D eigenvalue weighted by molar-refractivity contribution is 5.53. The number of hydrogen-bond acceptors (Lipinski definition) is 2. The molecule has 0 saturated heterocycles. The van der Waals surface area contributed by atoms with Gasteiger partial charge in [0.25, 0.3) is 0 Å². The molecule has 0 atom stereocenters. The van der Waals surface area contributed by atoms with E-state index in [0.29, 0.717) is 6.04 Å². The van der Waals surface area contributed by atoms with E-state index < -0.39 is 0 Å². The SMILES string of the molecule is CC=NC1CCC(N(C)CC(C)C)CC1. The monoisotopic (exact) mass is 210 g/mol. The standard InChI is InChI=1S/C13H26N2/c1-5-14-12-6-8-13(9-7-12)15(4)10-11(2)3/h5,11-13H,6-10H2,1-4H3. The zero-order valence-corrected chi connectivity index (χ0v) is 10.7. The summed E-state index contributed by atoms with van der Waals surface area (Å²) >= 11 is 0. The van der Waals surface area contributed by atoms with Gasteiger partial charge < -0.3 is 4.90 Å². The summed E-state index contributed by atoms with van der Waals surface area (Å²) in [5.41, 5.74) is 0. The molecule has 0 aliphatic heterocycles. The van der Waals surface area contributed by atoms with Gasteiger partial charge in [-0.25, -0.2) is 0 Å². The molecule has 0 bridgehead atoms. The third-order valence-electron chi connectivity index (χ3n) is 3.30. The largest absolute Gasteiger partial charge is 0.303 e. The van der Waals surface area contributed by atoms with Crippen LogP contribution in [0.15, 0.2) is 4.99 Å². The molecule has 15 heavy (non-hydrogen) atoms. The fourth-order valence-corrected chi connectivity index (χ4v) is 2.58. The minimum absolute atomic E-state index is 0.610. The molecule has 1 fully saturated rings. The van der Waals surface area contributed by atoms with Crippen molar-refractivity contribution in [2.24, 2.45) is 10.9 Å². The Balaban J connectivity index is 2.30. The van der Waals surface area contributed by atoms with E-state index in [4.69, 9.17) is 0 Å². The van der Waals surface area contributed by atoms with Crippen LogP contribution in [0.2, 0.25) is 0 Å². The Bertz CT molecular complexity index is 191. The van der Waals surface area contributed by atoms with Crippen LogP contribution in [-0.2, 0) is 0 Å². The van der Waals surface area contributed by atoms with Crippen molar-refractivity contribution in [2.45, 2.75) is 58.5 Å². The predicted octanol–water partition coefficient (Wildman–Crippen LogP) is 2.98. The fraction of sp³-hybridized carbons (Fsp3) is 0.923. The molecule has 1 aliphatic carbocycles. The molecule has 0 amide bonds. The van der Waals surface area contributed by atoms with E-state index in [1.807, 2.05) is 13.1 Å². The summed E-state index contributed by atoms with van der Waals surface area (Å²) in [5.74, 6) is 0.779. The molecular formula is C13H26N2. The van der Waals surface area contributed by atoms with E-state index in [9.17, 15) is 0 Å². The first-order valence-corrected chi connectivity index (χ1v) is 6.31. The molecule has 2 heteroatoms. The first-order valence-electron chi connectivity index (χ1n) is 6.31. The van der Waals surface area contributed by atoms with Crippen LogP contribution in [0, 0.1) is 5.92 Å². The van der Waals surface area contributed by atoms with E-state index >= 15 is 0 Å². The maximum Gasteiger partial charge on any atom is 0.0496 e. The zero-order chi connectivity index (χ0) is 11.3. The zero-order valence-electron chi connectivity index (χ0n) is 10.7. The van der Waals surface area contributed by atoms with Gasteiger partial charge in [0.05, 0.1) is 0 Å². The lowest BCUT2D eigenvalue weighted by Gasteiger charge is -2.34. The van der Waals surface area contributed by atoms with Crippen molar-refractivity contribution >= 4 is 6.21 Å². The second-order valence-electron chi connectivity index (χ2n) is 5.20. The Morgan fingerprint density at radius 1 is 1.27 bits per heavy atom. The summed E-state index contributed by atoms with van der Waals surface area (Å²) in [6, 6.07) is 1.41. The molecule has 0 spiro atoms. The Hall–Kier alpha value is -0.370. The summed E-state index contributed by atoms with van der Waals surface area (Å²) in [6.45, 7) is 7.84. The summed E-state index contributed by atoms with van der Waals surface area (Å²) in [5, 5.41) is 0. The van der Waals surface area contributed by atoms with E-state index in [1.165, 1.54) is 32.2 Å². The first-order chi connectivity index (χ1) is 7.13. The molecule has 0 N–H and O–H groups in total. The van der Waals surface area contributed by atoms with Crippen molar-refractivity contribution in [2.75, 3.05) is 13.6 Å². The Morgan fingerprint density at radius 2 is 1.87 bits per heavy atom. The minimum atomic E-state index is 0.610. The molecule has 0 unspecified atom stereocenters. The van der Waals surface area contributed by atoms with Gasteiger partial charge in [0.1, 0.15) is 0 Å². The summed E-state index contributed by atoms with van der Waals surface area (Å²) < 4.78 is 0. The molecule has 1 rings (SSSR count). The van der Waals surface area contributed by atoms with Gasteiger partial charge in [0.2, 0.25) is 0 Å². The topological polar surface area (TPSA) is 15.6 Å². The normalized spacial score (nSPS) is 28.1. The first kappa shape index (κ1) is 12.7. The van der Waals surface area contributed by atoms with E-state index in [0.717, 1.165) is 12.0 Å². The molecular weight excluding hydrogens is 184 g/mol. The molecule has 0 aromatic heterocycles. The fourth-order valence-electron chi connectivity index (χ4n) is 2.58. The van der Waals surface area contributed by atoms with Crippen molar-refractivity contribution in [3.8, 4) is 0 Å². The molecule has 88 valence electrons. The van der Waals surface area contributed by atoms with Gasteiger partial charge in [-0.1, -0.05) is 13.8 Å². The summed E-state index contributed by atoms with van der Waals surface area (Å²) in [7, 11) is 2.27. The van der Waals surface area contributed by atoms with Gasteiger partial charge in [-0.15, -0.1) is 0 Å². The van der Waals surface area contributed by atoms with Gasteiger partial charge in [0, 0.05) is 18.6 Å². The maximum absolute atomic E-state index is 4.49. The van der Waals surface area contributed by atoms with E-state index in [1.54, 1.807) is 0 Å². The quantitative estimate of drug-likeness (QED) is 0.651. The maximum atomic E-state index is 4.49. The Morgan fingerprint density at radius 3 is 2.33 bits per heavy atom. The lowest BCUT2D eigenvalue weighted by molar-refractivity contribution is 0.167. The van der Waals surface area contributed by atoms with E-state index in [-0.39, 0.29) is 0 Å². The lowest BCUT2D eigenvalue weighted by Crippen LogP contribution is -2.38. The van der Waals surface area contributed by atoms with Crippen LogP contribution in [0.1, 0.15) is 46.5 Å². The highest BCUT2D eigenvalue weighted by Crippen LogP contribution is 2.24. The van der Waals surface area contributed by atoms with Crippen LogP contribution in [0.25, 0.3) is 0 Å². The van der Waals surface area contributed by atoms with Crippen LogP contribution in [0.5, 0.6) is 0 Å². The van der Waals surface area contributed by atoms with Gasteiger partial charge >= 0.3 is 0 Å². The van der Waals surface area contributed by atoms with Gasteiger partial charge in [-0.2, -0.15) is 0 Å². The van der Waals surface area contributed by atoms with Crippen molar-refractivity contribution in [1.29, 1.82) is 0 Å². The molecule has 1 saturated carbocycles. The second kappa shape index (κ2) is 6.26. The van der Waals surface area contributed by atoms with Crippen LogP contribution in [0.4, 0.5) is 0 Å². The minimum Gasteiger partial charge on any atom is -0.303 e. The molecule has 0 heterocycles. The predicted molar refractivity (Wildman–Crippen MR) is 67.7 cm³/mol. The Labute approximate surface area is 94.8 Å². The van der Waals surface area contributed by atoms with Crippen molar-refractivity contribution in [3.63, 3.8) is 0 Å². The van der Waals surface area contributed by atoms with E-state index in [2.05, 4.69) is 30.8 Å². The smallest absolute Gasteiger partial charge is 0.0496 e. The van der Waals surface area contributed by atoms with Crippen molar-refractivity contribution in [1.82, 2.24) is 4.90 Å². The Kier molecular flexibility index (Phi) is 5.30. The van der Waals surface area contributed by atoms with Crippen LogP contribution >= 0.6 is 0 Å². The number of hydrogen-bond donors (Lipinski definition) is 0. The summed E-state index contributed by atoms with van der Waals surface area (Å²) in [4.78, 5) is 7.03. The number of aliphatic imine (C=N–C) groups is 1. The highest BCUT2D eigenvalue weighted by Gasteiger charge is 2.23. The third-order valence-corrected chi connectivity index (χ3v) is 3.30. The number of rotatable bonds is 4. The van der Waals surface area contributed by atoms with Gasteiger partial charge in [-0.3, -0.25) is 4.99 Å². The lowest BCUT2D eigenvalue weighted by atomic mass is 9.90. The average molecular weight is 210 g/mol.